The van der Waals surface area contributed by atoms with Crippen LogP contribution in [0.15, 0.2) is 35.5 Å². The van der Waals surface area contributed by atoms with E-state index in [4.69, 9.17) is 28.0 Å². The predicted octanol–water partition coefficient (Wildman–Crippen LogP) is -3.02. The molecule has 1 heterocycles. The molecule has 42 heavy (non-hydrogen) atoms. The number of carbonyl (C=O) groups excluding carboxylic acids is 4. The zero-order valence-electron chi connectivity index (χ0n) is 22.5. The van der Waals surface area contributed by atoms with E-state index in [2.05, 4.69) is 25.9 Å². The third-order valence-electron chi connectivity index (χ3n) is 6.07. The lowest BCUT2D eigenvalue weighted by Gasteiger charge is -2.24. The molecule has 1 aromatic heterocycles. The third-order valence-corrected chi connectivity index (χ3v) is 6.07. The van der Waals surface area contributed by atoms with Crippen molar-refractivity contribution in [3.05, 3.63) is 36.0 Å². The Bertz CT molecular complexity index is 1340. The summed E-state index contributed by atoms with van der Waals surface area (Å²) >= 11 is 0. The predicted molar refractivity (Wildman–Crippen MR) is 149 cm³/mol. The van der Waals surface area contributed by atoms with E-state index in [1.165, 1.54) is 0 Å². The Morgan fingerprint density at radius 3 is 2.10 bits per heavy atom. The molecule has 4 amide bonds. The molecule has 0 saturated carbocycles. The van der Waals surface area contributed by atoms with Crippen LogP contribution in [0.1, 0.15) is 31.2 Å². The summed E-state index contributed by atoms with van der Waals surface area (Å²) in [4.78, 5) is 80.3. The zero-order chi connectivity index (χ0) is 31.4. The Morgan fingerprint density at radius 2 is 1.48 bits per heavy atom. The highest BCUT2D eigenvalue weighted by molar-refractivity contribution is 5.97. The number of nitrogens with two attached hydrogens (primary N) is 4. The number of nitrogens with one attached hydrogen (secondary N) is 4. The second-order valence-electron chi connectivity index (χ2n) is 9.41. The number of aromatic nitrogens is 1. The molecule has 0 saturated heterocycles. The van der Waals surface area contributed by atoms with Crippen molar-refractivity contribution in [1.82, 2.24) is 20.9 Å². The van der Waals surface area contributed by atoms with Crippen molar-refractivity contribution in [3.8, 4) is 0 Å². The fourth-order valence-corrected chi connectivity index (χ4v) is 3.99. The first-order valence-corrected chi connectivity index (χ1v) is 12.8. The molecule has 14 N–H and O–H groups in total. The number of aliphatic carboxylic acids is 2. The molecule has 1 aromatic carbocycles. The molecule has 0 fully saturated rings. The number of para-hydroxylation sites is 1. The Hall–Kier alpha value is -5.19. The van der Waals surface area contributed by atoms with Crippen LogP contribution in [-0.4, -0.2) is 87.4 Å². The van der Waals surface area contributed by atoms with E-state index in [1.54, 1.807) is 30.5 Å². The second kappa shape index (κ2) is 15.6. The molecule has 4 atom stereocenters. The van der Waals surface area contributed by atoms with E-state index < -0.39 is 72.6 Å². The van der Waals surface area contributed by atoms with Gasteiger partial charge in [0.1, 0.15) is 18.1 Å². The van der Waals surface area contributed by atoms with Gasteiger partial charge in [0.2, 0.25) is 23.6 Å². The summed E-state index contributed by atoms with van der Waals surface area (Å²) in [6.45, 7) is 0.207. The lowest BCUT2D eigenvalue weighted by atomic mass is 10.0. The highest BCUT2D eigenvalue weighted by Gasteiger charge is 2.32. The van der Waals surface area contributed by atoms with Gasteiger partial charge >= 0.3 is 11.9 Å². The van der Waals surface area contributed by atoms with Gasteiger partial charge in [-0.2, -0.15) is 0 Å². The number of guanidine groups is 1. The van der Waals surface area contributed by atoms with E-state index in [0.29, 0.717) is 17.4 Å². The Kier molecular flexibility index (Phi) is 12.2. The number of benzene rings is 1. The fraction of sp³-hybridized carbons (Fsp3) is 0.400. The van der Waals surface area contributed by atoms with Crippen LogP contribution < -0.4 is 38.9 Å². The molecule has 4 unspecified atom stereocenters. The van der Waals surface area contributed by atoms with Gasteiger partial charge in [0, 0.05) is 30.1 Å². The van der Waals surface area contributed by atoms with Crippen molar-refractivity contribution < 1.29 is 39.0 Å². The van der Waals surface area contributed by atoms with Gasteiger partial charge in [-0.3, -0.25) is 29.0 Å². The molecular weight excluding hydrogens is 554 g/mol. The molecule has 0 spiro atoms. The molecule has 228 valence electrons. The van der Waals surface area contributed by atoms with Crippen molar-refractivity contribution in [3.63, 3.8) is 0 Å². The lowest BCUT2D eigenvalue weighted by molar-refractivity contribution is -0.147. The lowest BCUT2D eigenvalue weighted by Crippen LogP contribution is -2.58. The molecule has 0 aliphatic rings. The maximum Gasteiger partial charge on any atom is 0.326 e. The second-order valence-corrected chi connectivity index (χ2v) is 9.41. The molecular formula is C25H35N9O8. The number of H-pyrrole nitrogens is 1. The van der Waals surface area contributed by atoms with Gasteiger partial charge in [-0.05, 0) is 24.5 Å². The number of carboxylic acid groups (broad SMARTS) is 2. The largest absolute Gasteiger partial charge is 0.481 e. The van der Waals surface area contributed by atoms with Crippen molar-refractivity contribution in [2.24, 2.45) is 27.9 Å². The number of carboxylic acids is 2. The smallest absolute Gasteiger partial charge is 0.326 e. The minimum Gasteiger partial charge on any atom is -0.481 e. The maximum atomic E-state index is 13.3. The summed E-state index contributed by atoms with van der Waals surface area (Å²) in [5.74, 6) is -6.93. The number of nitrogens with zero attached hydrogens (tertiary/aromatic N) is 1. The van der Waals surface area contributed by atoms with Crippen LogP contribution in [-0.2, 0) is 35.2 Å². The summed E-state index contributed by atoms with van der Waals surface area (Å²) in [7, 11) is 0. The van der Waals surface area contributed by atoms with Crippen LogP contribution >= 0.6 is 0 Å². The highest BCUT2D eigenvalue weighted by atomic mass is 16.4. The van der Waals surface area contributed by atoms with Gasteiger partial charge in [-0.25, -0.2) is 4.79 Å². The van der Waals surface area contributed by atoms with Gasteiger partial charge < -0.3 is 54.1 Å². The number of primary amides is 1. The Labute approximate surface area is 239 Å². The minimum atomic E-state index is -1.80. The molecule has 0 aliphatic heterocycles. The average molecular weight is 590 g/mol. The molecule has 0 radical (unpaired) electrons. The Morgan fingerprint density at radius 1 is 0.857 bits per heavy atom. The minimum absolute atomic E-state index is 0.130. The zero-order valence-corrected chi connectivity index (χ0v) is 22.5. The van der Waals surface area contributed by atoms with Crippen LogP contribution in [0.2, 0.25) is 0 Å². The fourth-order valence-electron chi connectivity index (χ4n) is 3.99. The van der Waals surface area contributed by atoms with Crippen LogP contribution in [0.25, 0.3) is 10.9 Å². The number of fused-ring (bicyclic) bond motifs is 1. The number of amides is 4. The summed E-state index contributed by atoms with van der Waals surface area (Å²) in [6, 6.07) is 1.18. The van der Waals surface area contributed by atoms with Gasteiger partial charge in [0.05, 0.1) is 18.9 Å². The number of hydrogen-bond acceptors (Lipinski definition) is 8. The van der Waals surface area contributed by atoms with Crippen molar-refractivity contribution in [2.75, 3.05) is 6.54 Å². The molecule has 17 nitrogen and oxygen atoms in total. The quantitative estimate of drug-likeness (QED) is 0.0503. The molecule has 0 aliphatic carbocycles. The summed E-state index contributed by atoms with van der Waals surface area (Å²) in [6.07, 6.45) is 0.342. The third kappa shape index (κ3) is 10.4. The van der Waals surface area contributed by atoms with Gasteiger partial charge in [0.15, 0.2) is 5.96 Å². The molecule has 0 bridgehead atoms. The van der Waals surface area contributed by atoms with Gasteiger partial charge in [-0.1, -0.05) is 18.2 Å². The van der Waals surface area contributed by atoms with E-state index in [0.717, 1.165) is 5.52 Å². The van der Waals surface area contributed by atoms with Crippen molar-refractivity contribution in [2.45, 2.75) is 56.3 Å². The number of aliphatic imine (C=N–C) groups is 1. The number of hydrogen-bond donors (Lipinski definition) is 10. The van der Waals surface area contributed by atoms with E-state index in [-0.39, 0.29) is 25.3 Å². The monoisotopic (exact) mass is 589 g/mol. The standard InChI is InChI=1S/C25H35N9O8/c26-14(5-3-7-30-25(28)29)21(38)32-17(9-19(27)35)23(40)33-16(22(39)34-18(24(41)42)10-20(36)37)8-12-11-31-15-6-2-1-4-13(12)15/h1-2,4,6,11,14,16-18,31H,3,5,7-10,26H2,(H2,27,35)(H,32,38)(H,33,40)(H,34,39)(H,36,37)(H,41,42)(H4,28,29,30). The topological polar surface area (TPSA) is 311 Å². The van der Waals surface area contributed by atoms with Crippen LogP contribution in [0, 0.1) is 0 Å². The Balaban J connectivity index is 2.27. The summed E-state index contributed by atoms with van der Waals surface area (Å²) < 4.78 is 0. The number of rotatable bonds is 17. The average Bonchev–Trinajstić information content (AvgIpc) is 3.31. The van der Waals surface area contributed by atoms with Crippen molar-refractivity contribution >= 4 is 52.4 Å². The highest BCUT2D eigenvalue weighted by Crippen LogP contribution is 2.19. The van der Waals surface area contributed by atoms with E-state index >= 15 is 0 Å². The van der Waals surface area contributed by atoms with Gasteiger partial charge in [-0.15, -0.1) is 0 Å². The summed E-state index contributed by atoms with van der Waals surface area (Å²) in [5.41, 5.74) is 22.9. The van der Waals surface area contributed by atoms with E-state index in [9.17, 15) is 33.9 Å². The first-order valence-electron chi connectivity index (χ1n) is 12.8. The first-order chi connectivity index (χ1) is 19.8. The van der Waals surface area contributed by atoms with Crippen LogP contribution in [0.4, 0.5) is 0 Å². The van der Waals surface area contributed by atoms with Crippen LogP contribution in [0.5, 0.6) is 0 Å². The molecule has 17 heteroatoms. The molecule has 2 rings (SSSR count). The first kappa shape index (κ1) is 33.0. The van der Waals surface area contributed by atoms with E-state index in [1.807, 2.05) is 0 Å². The SMILES string of the molecule is NC(=O)CC(NC(=O)C(N)CCCN=C(N)N)C(=O)NC(Cc1c[nH]c2ccccc12)C(=O)NC(CC(=O)O)C(=O)O. The maximum absolute atomic E-state index is 13.3. The van der Waals surface area contributed by atoms with Gasteiger partial charge in [0.25, 0.3) is 0 Å². The van der Waals surface area contributed by atoms with Crippen molar-refractivity contribution in [1.29, 1.82) is 0 Å². The van der Waals surface area contributed by atoms with Crippen LogP contribution in [0.3, 0.4) is 0 Å². The number of aromatic amines is 1. The molecule has 2 aromatic rings. The number of carbonyl (C=O) groups is 6. The normalized spacial score (nSPS) is 13.6. The summed E-state index contributed by atoms with van der Waals surface area (Å²) in [5, 5.41) is 26.0.